The number of thiazole rings is 1. The predicted octanol–water partition coefficient (Wildman–Crippen LogP) is 4.25. The van der Waals surface area contributed by atoms with Crippen LogP contribution in [0.4, 0.5) is 0 Å². The average molecular weight is 377 g/mol. The molecule has 134 valence electrons. The fourth-order valence-electron chi connectivity index (χ4n) is 3.62. The van der Waals surface area contributed by atoms with E-state index in [0.29, 0.717) is 16.7 Å². The lowest BCUT2D eigenvalue weighted by atomic mass is 10.0. The molecule has 0 bridgehead atoms. The van der Waals surface area contributed by atoms with Crippen molar-refractivity contribution in [1.82, 2.24) is 4.98 Å². The summed E-state index contributed by atoms with van der Waals surface area (Å²) in [5.41, 5.74) is 6.38. The lowest BCUT2D eigenvalue weighted by Gasteiger charge is -2.09. The number of aromatic nitrogens is 1. The van der Waals surface area contributed by atoms with E-state index in [-0.39, 0.29) is 6.61 Å². The number of carbonyl (C=O) groups excluding carboxylic acids is 1. The zero-order chi connectivity index (χ0) is 18.4. The van der Waals surface area contributed by atoms with Crippen LogP contribution in [0.5, 0.6) is 0 Å². The number of aryl methyl sites for hydroxylation is 2. The summed E-state index contributed by atoms with van der Waals surface area (Å²) in [4.78, 5) is 28.6. The van der Waals surface area contributed by atoms with Crippen LogP contribution >= 0.6 is 11.3 Å². The number of benzene rings is 2. The van der Waals surface area contributed by atoms with Crippen molar-refractivity contribution in [1.29, 1.82) is 0 Å². The van der Waals surface area contributed by atoms with Gasteiger partial charge in [0.05, 0.1) is 21.3 Å². The highest BCUT2D eigenvalue weighted by atomic mass is 32.1. The number of ether oxygens (including phenoxy) is 1. The van der Waals surface area contributed by atoms with E-state index < -0.39 is 11.6 Å². The normalized spacial score (nSPS) is 13.2. The van der Waals surface area contributed by atoms with E-state index in [9.17, 15) is 9.59 Å². The van der Waals surface area contributed by atoms with Gasteiger partial charge in [0.1, 0.15) is 12.2 Å². The highest BCUT2D eigenvalue weighted by Crippen LogP contribution is 2.29. The van der Waals surface area contributed by atoms with Crippen LogP contribution < -0.4 is 5.63 Å². The van der Waals surface area contributed by atoms with Crippen LogP contribution in [0.15, 0.2) is 51.1 Å². The van der Waals surface area contributed by atoms with Crippen molar-refractivity contribution in [2.75, 3.05) is 0 Å². The van der Waals surface area contributed by atoms with E-state index in [2.05, 4.69) is 11.1 Å². The van der Waals surface area contributed by atoms with E-state index in [1.54, 1.807) is 23.7 Å². The van der Waals surface area contributed by atoms with Gasteiger partial charge in [-0.15, -0.1) is 11.3 Å². The fraction of sp³-hybridized carbons (Fsp3) is 0.190. The number of fused-ring (bicyclic) bond motifs is 3. The second-order valence-electron chi connectivity index (χ2n) is 6.67. The standard InChI is InChI=1S/C21H15NO4S/c23-20-9-15(16-6-12-2-1-3-13(12)7-18(16)26-20)10-25-21(24)14-4-5-17-19(8-14)27-11-22-17/h4-9,11H,1-3,10H2. The molecule has 0 radical (unpaired) electrons. The topological polar surface area (TPSA) is 69.4 Å². The smallest absolute Gasteiger partial charge is 0.338 e. The molecule has 5 nitrogen and oxygen atoms in total. The Morgan fingerprint density at radius 2 is 2.00 bits per heavy atom. The van der Waals surface area contributed by atoms with Gasteiger partial charge in [-0.3, -0.25) is 0 Å². The number of esters is 1. The molecule has 0 fully saturated rings. The number of hydrogen-bond donors (Lipinski definition) is 0. The van der Waals surface area contributed by atoms with Gasteiger partial charge in [0.25, 0.3) is 0 Å². The van der Waals surface area contributed by atoms with Gasteiger partial charge in [-0.2, -0.15) is 0 Å². The van der Waals surface area contributed by atoms with Gasteiger partial charge in [0.15, 0.2) is 0 Å². The molecule has 0 aliphatic heterocycles. The van der Waals surface area contributed by atoms with Crippen LogP contribution in [0.2, 0.25) is 0 Å². The van der Waals surface area contributed by atoms with Crippen LogP contribution in [-0.2, 0) is 24.2 Å². The average Bonchev–Trinajstić information content (AvgIpc) is 3.31. The molecule has 27 heavy (non-hydrogen) atoms. The van der Waals surface area contributed by atoms with Crippen LogP contribution in [-0.4, -0.2) is 11.0 Å². The molecular weight excluding hydrogens is 362 g/mol. The summed E-state index contributed by atoms with van der Waals surface area (Å²) < 4.78 is 11.8. The summed E-state index contributed by atoms with van der Waals surface area (Å²) in [6, 6.07) is 10.7. The minimum absolute atomic E-state index is 0.0282. The number of rotatable bonds is 3. The van der Waals surface area contributed by atoms with Gasteiger partial charge < -0.3 is 9.15 Å². The Morgan fingerprint density at radius 3 is 2.89 bits per heavy atom. The maximum atomic E-state index is 12.5. The molecular formula is C21H15NO4S. The first-order valence-electron chi connectivity index (χ1n) is 8.76. The minimum atomic E-state index is -0.433. The first kappa shape index (κ1) is 16.2. The largest absolute Gasteiger partial charge is 0.457 e. The quantitative estimate of drug-likeness (QED) is 0.394. The van der Waals surface area contributed by atoms with Crippen molar-refractivity contribution >= 4 is 38.5 Å². The SMILES string of the molecule is O=C(OCc1cc(=O)oc2cc3c(cc12)CCC3)c1ccc2ncsc2c1. The van der Waals surface area contributed by atoms with Gasteiger partial charge >= 0.3 is 11.6 Å². The third-order valence-corrected chi connectivity index (χ3v) is 5.76. The second kappa shape index (κ2) is 6.32. The molecule has 1 aliphatic rings. The van der Waals surface area contributed by atoms with Crippen LogP contribution in [0.25, 0.3) is 21.2 Å². The predicted molar refractivity (Wildman–Crippen MR) is 103 cm³/mol. The summed E-state index contributed by atoms with van der Waals surface area (Å²) in [7, 11) is 0. The van der Waals surface area contributed by atoms with Crippen molar-refractivity contribution < 1.29 is 13.9 Å². The van der Waals surface area contributed by atoms with Crippen LogP contribution in [0, 0.1) is 0 Å². The first-order valence-corrected chi connectivity index (χ1v) is 9.64. The highest BCUT2D eigenvalue weighted by molar-refractivity contribution is 7.16. The minimum Gasteiger partial charge on any atom is -0.457 e. The van der Waals surface area contributed by atoms with E-state index >= 15 is 0 Å². The van der Waals surface area contributed by atoms with Gasteiger partial charge in [0, 0.05) is 17.0 Å². The molecule has 2 heterocycles. The Bertz CT molecular complexity index is 1250. The molecule has 0 unspecified atom stereocenters. The van der Waals surface area contributed by atoms with E-state index in [1.807, 2.05) is 6.07 Å². The summed E-state index contributed by atoms with van der Waals surface area (Å²) in [5, 5.41) is 0.834. The van der Waals surface area contributed by atoms with Crippen molar-refractivity contribution in [3.63, 3.8) is 0 Å². The summed E-state index contributed by atoms with van der Waals surface area (Å²) in [6.45, 7) is 0.0282. The maximum Gasteiger partial charge on any atom is 0.338 e. The van der Waals surface area contributed by atoms with Gasteiger partial charge in [0.2, 0.25) is 0 Å². The number of nitrogens with zero attached hydrogens (tertiary/aromatic N) is 1. The third-order valence-electron chi connectivity index (χ3n) is 4.97. The van der Waals surface area contributed by atoms with Crippen LogP contribution in [0.1, 0.15) is 33.5 Å². The monoisotopic (exact) mass is 377 g/mol. The lowest BCUT2D eigenvalue weighted by Crippen LogP contribution is -2.08. The number of carbonyl (C=O) groups is 1. The Hall–Kier alpha value is -2.99. The first-order chi connectivity index (χ1) is 13.2. The zero-order valence-corrected chi connectivity index (χ0v) is 15.2. The van der Waals surface area contributed by atoms with Crippen molar-refractivity contribution in [3.8, 4) is 0 Å². The summed E-state index contributed by atoms with van der Waals surface area (Å²) >= 11 is 1.48. The molecule has 0 N–H and O–H groups in total. The Balaban J connectivity index is 1.45. The molecule has 4 aromatic rings. The van der Waals surface area contributed by atoms with Crippen molar-refractivity contribution in [2.24, 2.45) is 0 Å². The fourth-order valence-corrected chi connectivity index (χ4v) is 4.34. The molecule has 0 amide bonds. The molecule has 6 heteroatoms. The molecule has 5 rings (SSSR count). The molecule has 2 aromatic carbocycles. The molecule has 0 saturated heterocycles. The lowest BCUT2D eigenvalue weighted by molar-refractivity contribution is 0.0474. The maximum absolute atomic E-state index is 12.5. The molecule has 2 aromatic heterocycles. The van der Waals surface area contributed by atoms with Gasteiger partial charge in [-0.1, -0.05) is 0 Å². The van der Waals surface area contributed by atoms with Crippen molar-refractivity contribution in [2.45, 2.75) is 25.9 Å². The van der Waals surface area contributed by atoms with Crippen LogP contribution in [0.3, 0.4) is 0 Å². The second-order valence-corrected chi connectivity index (χ2v) is 7.56. The van der Waals surface area contributed by atoms with E-state index in [0.717, 1.165) is 34.9 Å². The molecule has 1 aliphatic carbocycles. The van der Waals surface area contributed by atoms with Crippen molar-refractivity contribution in [3.05, 3.63) is 74.6 Å². The summed E-state index contributed by atoms with van der Waals surface area (Å²) in [6.07, 6.45) is 3.15. The Labute approximate surface area is 158 Å². The zero-order valence-electron chi connectivity index (χ0n) is 14.4. The van der Waals surface area contributed by atoms with E-state index in [1.165, 1.54) is 28.5 Å². The Morgan fingerprint density at radius 1 is 1.15 bits per heavy atom. The van der Waals surface area contributed by atoms with Gasteiger partial charge in [-0.25, -0.2) is 14.6 Å². The Kier molecular flexibility index (Phi) is 3.79. The number of hydrogen-bond acceptors (Lipinski definition) is 6. The van der Waals surface area contributed by atoms with Gasteiger partial charge in [-0.05, 0) is 60.7 Å². The molecule has 0 spiro atoms. The van der Waals surface area contributed by atoms with E-state index in [4.69, 9.17) is 9.15 Å². The highest BCUT2D eigenvalue weighted by Gasteiger charge is 2.16. The molecule has 0 saturated carbocycles. The third kappa shape index (κ3) is 2.92. The molecule has 0 atom stereocenters. The summed E-state index contributed by atoms with van der Waals surface area (Å²) in [5.74, 6) is -0.423.